The molecule has 0 aliphatic carbocycles. The Balaban J connectivity index is 1.60. The van der Waals surface area contributed by atoms with Gasteiger partial charge in [0, 0.05) is 11.6 Å². The zero-order valence-electron chi connectivity index (χ0n) is 16.9. The molecule has 0 radical (unpaired) electrons. The predicted octanol–water partition coefficient (Wildman–Crippen LogP) is 3.84. The number of ether oxygens (including phenoxy) is 1. The van der Waals surface area contributed by atoms with Crippen LogP contribution in [0.15, 0.2) is 53.3 Å². The van der Waals surface area contributed by atoms with E-state index < -0.39 is 4.92 Å². The van der Waals surface area contributed by atoms with Crippen LogP contribution < -0.4 is 14.8 Å². The van der Waals surface area contributed by atoms with E-state index in [2.05, 4.69) is 17.0 Å². The number of nitro benzene ring substituents is 1. The van der Waals surface area contributed by atoms with Crippen LogP contribution >= 0.6 is 11.3 Å². The average molecular weight is 436 g/mol. The van der Waals surface area contributed by atoms with Crippen molar-refractivity contribution >= 4 is 28.1 Å². The number of nitrogens with zero attached hydrogens (tertiary/aromatic N) is 4. The average Bonchev–Trinajstić information content (AvgIpc) is 3.31. The van der Waals surface area contributed by atoms with Crippen molar-refractivity contribution in [2.24, 2.45) is 0 Å². The van der Waals surface area contributed by atoms with Crippen LogP contribution in [-0.4, -0.2) is 26.1 Å². The number of fused-ring (bicyclic) bond motifs is 1. The minimum absolute atomic E-state index is 0.0569. The molecule has 2 aromatic heterocycles. The van der Waals surface area contributed by atoms with Crippen molar-refractivity contribution in [2.75, 3.05) is 6.61 Å². The normalized spacial score (nSPS) is 11.8. The van der Waals surface area contributed by atoms with Crippen LogP contribution in [0.25, 0.3) is 22.4 Å². The molecule has 0 fully saturated rings. The molecule has 0 N–H and O–H groups in total. The summed E-state index contributed by atoms with van der Waals surface area (Å²) in [6, 6.07) is 13.7. The number of hydrogen-bond acceptors (Lipinski definition) is 7. The second-order valence-electron chi connectivity index (χ2n) is 6.94. The lowest BCUT2D eigenvalue weighted by Gasteiger charge is -2.05. The molecule has 0 aliphatic rings. The van der Waals surface area contributed by atoms with Gasteiger partial charge in [0.05, 0.1) is 21.6 Å². The van der Waals surface area contributed by atoms with E-state index in [-0.39, 0.29) is 11.2 Å². The van der Waals surface area contributed by atoms with Gasteiger partial charge in [0.25, 0.3) is 11.2 Å². The van der Waals surface area contributed by atoms with Gasteiger partial charge in [-0.05, 0) is 42.8 Å². The fraction of sp³-hybridized carbons (Fsp3) is 0.227. The fourth-order valence-corrected chi connectivity index (χ4v) is 4.01. The molecular weight excluding hydrogens is 416 g/mol. The molecule has 0 spiro atoms. The number of nitro groups is 1. The third kappa shape index (κ3) is 4.46. The SMILES string of the molecule is CCCCCOc1ccc(-c2nc3sc(=Cc4ccccc4[N+](=O)[O-])c(=O)n3n2)cc1. The number of unbranched alkanes of at least 4 members (excludes halogenated alkanes) is 2. The molecule has 31 heavy (non-hydrogen) atoms. The number of rotatable bonds is 8. The van der Waals surface area contributed by atoms with E-state index in [4.69, 9.17) is 4.74 Å². The lowest BCUT2D eigenvalue weighted by molar-refractivity contribution is -0.385. The highest BCUT2D eigenvalue weighted by atomic mass is 32.1. The minimum Gasteiger partial charge on any atom is -0.494 e. The Hall–Kier alpha value is -3.59. The van der Waals surface area contributed by atoms with Crippen molar-refractivity contribution in [1.82, 2.24) is 14.6 Å². The van der Waals surface area contributed by atoms with Crippen molar-refractivity contribution in [1.29, 1.82) is 0 Å². The fourth-order valence-electron chi connectivity index (χ4n) is 3.12. The second kappa shape index (κ2) is 9.05. The zero-order valence-corrected chi connectivity index (χ0v) is 17.7. The molecular formula is C22H20N4O4S. The molecule has 158 valence electrons. The maximum atomic E-state index is 12.7. The van der Waals surface area contributed by atoms with Crippen LogP contribution in [0.1, 0.15) is 31.7 Å². The lowest BCUT2D eigenvalue weighted by atomic mass is 10.2. The van der Waals surface area contributed by atoms with Gasteiger partial charge in [-0.1, -0.05) is 43.2 Å². The Morgan fingerprint density at radius 2 is 1.94 bits per heavy atom. The third-order valence-electron chi connectivity index (χ3n) is 4.73. The van der Waals surface area contributed by atoms with E-state index in [0.717, 1.165) is 41.9 Å². The first-order chi connectivity index (χ1) is 15.1. The number of thiazole rings is 1. The third-order valence-corrected chi connectivity index (χ3v) is 5.69. The van der Waals surface area contributed by atoms with Gasteiger partial charge in [-0.25, -0.2) is 0 Å². The maximum absolute atomic E-state index is 12.7. The molecule has 0 atom stereocenters. The topological polar surface area (TPSA) is 99.6 Å². The predicted molar refractivity (Wildman–Crippen MR) is 119 cm³/mol. The first-order valence-corrected chi connectivity index (χ1v) is 10.8. The minimum atomic E-state index is -0.470. The van der Waals surface area contributed by atoms with Gasteiger partial charge in [-0.15, -0.1) is 5.10 Å². The molecule has 8 nitrogen and oxygen atoms in total. The summed E-state index contributed by atoms with van der Waals surface area (Å²) in [7, 11) is 0. The van der Waals surface area contributed by atoms with Crippen molar-refractivity contribution in [3.63, 3.8) is 0 Å². The molecule has 0 bridgehead atoms. The van der Waals surface area contributed by atoms with E-state index >= 15 is 0 Å². The Kier molecular flexibility index (Phi) is 6.03. The quantitative estimate of drug-likeness (QED) is 0.236. The molecule has 0 amide bonds. The molecule has 4 rings (SSSR count). The summed E-state index contributed by atoms with van der Waals surface area (Å²) >= 11 is 1.15. The van der Waals surface area contributed by atoms with E-state index in [1.807, 2.05) is 24.3 Å². The van der Waals surface area contributed by atoms with E-state index in [9.17, 15) is 14.9 Å². The Morgan fingerprint density at radius 1 is 1.16 bits per heavy atom. The Morgan fingerprint density at radius 3 is 2.65 bits per heavy atom. The molecule has 0 unspecified atom stereocenters. The van der Waals surface area contributed by atoms with Crippen LogP contribution in [0.5, 0.6) is 5.75 Å². The highest BCUT2D eigenvalue weighted by molar-refractivity contribution is 7.15. The summed E-state index contributed by atoms with van der Waals surface area (Å²) in [5.41, 5.74) is 0.732. The first kappa shape index (κ1) is 20.7. The summed E-state index contributed by atoms with van der Waals surface area (Å²) in [5, 5.41) is 15.5. The van der Waals surface area contributed by atoms with Gasteiger partial charge in [0.1, 0.15) is 5.75 Å². The van der Waals surface area contributed by atoms with Crippen LogP contribution in [0.3, 0.4) is 0 Å². The van der Waals surface area contributed by atoms with E-state index in [0.29, 0.717) is 27.5 Å². The Labute approximate surface area is 181 Å². The molecule has 0 saturated carbocycles. The van der Waals surface area contributed by atoms with E-state index in [1.54, 1.807) is 18.2 Å². The van der Waals surface area contributed by atoms with Gasteiger partial charge in [0.2, 0.25) is 4.96 Å². The van der Waals surface area contributed by atoms with Crippen LogP contribution in [0.2, 0.25) is 0 Å². The smallest absolute Gasteiger partial charge is 0.291 e. The van der Waals surface area contributed by atoms with Crippen molar-refractivity contribution < 1.29 is 9.66 Å². The Bertz CT molecular complexity index is 1330. The lowest BCUT2D eigenvalue weighted by Crippen LogP contribution is -2.23. The van der Waals surface area contributed by atoms with Gasteiger partial charge >= 0.3 is 0 Å². The van der Waals surface area contributed by atoms with E-state index in [1.165, 1.54) is 16.7 Å². The highest BCUT2D eigenvalue weighted by Crippen LogP contribution is 2.21. The summed E-state index contributed by atoms with van der Waals surface area (Å²) < 4.78 is 7.29. The number of benzene rings is 2. The second-order valence-corrected chi connectivity index (χ2v) is 7.95. The summed E-state index contributed by atoms with van der Waals surface area (Å²) in [6.45, 7) is 2.83. The highest BCUT2D eigenvalue weighted by Gasteiger charge is 2.14. The van der Waals surface area contributed by atoms with Crippen molar-refractivity contribution in [3.8, 4) is 17.1 Å². The summed E-state index contributed by atoms with van der Waals surface area (Å²) in [6.07, 6.45) is 4.82. The molecule has 9 heteroatoms. The first-order valence-electron chi connectivity index (χ1n) is 9.95. The molecule has 4 aromatic rings. The molecule has 2 aromatic carbocycles. The van der Waals surface area contributed by atoms with Crippen LogP contribution in [0, 0.1) is 10.1 Å². The van der Waals surface area contributed by atoms with Gasteiger partial charge in [-0.3, -0.25) is 14.9 Å². The summed E-state index contributed by atoms with van der Waals surface area (Å²) in [4.78, 5) is 28.4. The maximum Gasteiger partial charge on any atom is 0.291 e. The van der Waals surface area contributed by atoms with Gasteiger partial charge in [0.15, 0.2) is 5.82 Å². The standard InChI is InChI=1S/C22H20N4O4S/c1-2-3-6-13-30-17-11-9-15(10-12-17)20-23-22-25(24-20)21(27)19(31-22)14-16-7-4-5-8-18(16)26(28)29/h4-5,7-12,14H,2-3,6,13H2,1H3. The number of hydrogen-bond donors (Lipinski definition) is 0. The van der Waals surface area contributed by atoms with Crippen LogP contribution in [-0.2, 0) is 0 Å². The van der Waals surface area contributed by atoms with Crippen LogP contribution in [0.4, 0.5) is 5.69 Å². The molecule has 0 saturated heterocycles. The summed E-state index contributed by atoms with van der Waals surface area (Å²) in [5.74, 6) is 1.23. The monoisotopic (exact) mass is 436 g/mol. The van der Waals surface area contributed by atoms with Crippen molar-refractivity contribution in [3.05, 3.63) is 79.1 Å². The molecule has 2 heterocycles. The van der Waals surface area contributed by atoms with Gasteiger partial charge in [-0.2, -0.15) is 9.50 Å². The molecule has 0 aliphatic heterocycles. The number of aromatic nitrogens is 3. The van der Waals surface area contributed by atoms with Gasteiger partial charge < -0.3 is 4.74 Å². The largest absolute Gasteiger partial charge is 0.494 e. The number of para-hydroxylation sites is 1. The zero-order chi connectivity index (χ0) is 21.8. The van der Waals surface area contributed by atoms with Crippen molar-refractivity contribution in [2.45, 2.75) is 26.2 Å².